The normalized spacial score (nSPS) is 9.76. The first-order valence-corrected chi connectivity index (χ1v) is 5.25. The quantitative estimate of drug-likeness (QED) is 0.581. The number of nitrogens with zero attached hydrogens (tertiary/aromatic N) is 3. The smallest absolute Gasteiger partial charge is 0.541 e. The summed E-state index contributed by atoms with van der Waals surface area (Å²) < 4.78 is 2.35. The van der Waals surface area contributed by atoms with Crippen molar-refractivity contribution in [1.82, 2.24) is 14.8 Å². The number of carbonyl (C=O) groups is 1. The standard InChI is InChI=1S/C10H8BrN3O2.Na/c1-14-9(12-8(13-14)10(15)16)6-2-4-7(11)5-3-6;/h2-5H,1H3,(H,15,16);/q;+1/p-1. The van der Waals surface area contributed by atoms with Crippen LogP contribution in [0.15, 0.2) is 28.7 Å². The van der Waals surface area contributed by atoms with Crippen molar-refractivity contribution >= 4 is 21.9 Å². The Labute approximate surface area is 128 Å². The monoisotopic (exact) mass is 303 g/mol. The van der Waals surface area contributed by atoms with Crippen LogP contribution in [0.4, 0.5) is 0 Å². The Morgan fingerprint density at radius 2 is 1.94 bits per heavy atom. The van der Waals surface area contributed by atoms with Crippen LogP contribution in [0, 0.1) is 0 Å². The Balaban J connectivity index is 0.00000144. The minimum Gasteiger partial charge on any atom is -0.541 e. The van der Waals surface area contributed by atoms with Crippen LogP contribution in [0.25, 0.3) is 11.4 Å². The fraction of sp³-hybridized carbons (Fsp3) is 0.100. The van der Waals surface area contributed by atoms with Gasteiger partial charge in [-0.3, -0.25) is 0 Å². The number of halogens is 1. The summed E-state index contributed by atoms with van der Waals surface area (Å²) >= 11 is 3.32. The first kappa shape index (κ1) is 14.4. The van der Waals surface area contributed by atoms with Gasteiger partial charge in [-0.2, -0.15) is 0 Å². The fourth-order valence-corrected chi connectivity index (χ4v) is 1.59. The number of aromatic nitrogens is 3. The minimum atomic E-state index is -1.38. The molecule has 82 valence electrons. The summed E-state index contributed by atoms with van der Waals surface area (Å²) in [4.78, 5) is 14.5. The summed E-state index contributed by atoms with van der Waals surface area (Å²) in [6.07, 6.45) is 0. The van der Waals surface area contributed by atoms with Crippen LogP contribution in [-0.2, 0) is 7.05 Å². The minimum absolute atomic E-state index is 0. The van der Waals surface area contributed by atoms with E-state index in [1.165, 1.54) is 4.68 Å². The van der Waals surface area contributed by atoms with E-state index in [-0.39, 0.29) is 35.4 Å². The molecule has 1 aromatic heterocycles. The Morgan fingerprint density at radius 3 is 2.41 bits per heavy atom. The predicted molar refractivity (Wildman–Crippen MR) is 58.5 cm³/mol. The largest absolute Gasteiger partial charge is 1.00 e. The molecule has 0 unspecified atom stereocenters. The number of hydrogen-bond donors (Lipinski definition) is 0. The third-order valence-electron chi connectivity index (χ3n) is 2.05. The van der Waals surface area contributed by atoms with Crippen molar-refractivity contribution in [1.29, 1.82) is 0 Å². The molecule has 1 aromatic carbocycles. The van der Waals surface area contributed by atoms with Gasteiger partial charge in [0.15, 0.2) is 11.6 Å². The second kappa shape index (κ2) is 5.77. The number of carbonyl (C=O) groups excluding carboxylic acids is 1. The zero-order valence-electron chi connectivity index (χ0n) is 9.35. The molecule has 0 fully saturated rings. The number of aromatic carboxylic acids is 1. The van der Waals surface area contributed by atoms with Crippen molar-refractivity contribution < 1.29 is 39.5 Å². The Bertz CT molecular complexity index is 539. The van der Waals surface area contributed by atoms with E-state index in [2.05, 4.69) is 26.0 Å². The first-order valence-electron chi connectivity index (χ1n) is 4.46. The third-order valence-corrected chi connectivity index (χ3v) is 2.58. The molecule has 0 aliphatic rings. The zero-order valence-corrected chi connectivity index (χ0v) is 12.9. The fourth-order valence-electron chi connectivity index (χ4n) is 1.32. The van der Waals surface area contributed by atoms with E-state index in [1.54, 1.807) is 7.05 Å². The maximum Gasteiger partial charge on any atom is 1.00 e. The average molecular weight is 304 g/mol. The summed E-state index contributed by atoms with van der Waals surface area (Å²) in [6, 6.07) is 7.35. The Kier molecular flexibility index (Phi) is 4.88. The summed E-state index contributed by atoms with van der Waals surface area (Å²) in [7, 11) is 1.64. The van der Waals surface area contributed by atoms with Crippen molar-refractivity contribution in [2.45, 2.75) is 0 Å². The number of aryl methyl sites for hydroxylation is 1. The van der Waals surface area contributed by atoms with E-state index < -0.39 is 5.97 Å². The van der Waals surface area contributed by atoms with Crippen LogP contribution in [0.1, 0.15) is 10.6 Å². The summed E-state index contributed by atoms with van der Waals surface area (Å²) in [5, 5.41) is 14.3. The van der Waals surface area contributed by atoms with Crippen LogP contribution >= 0.6 is 15.9 Å². The number of carboxylic acid groups (broad SMARTS) is 1. The number of benzene rings is 1. The molecule has 17 heavy (non-hydrogen) atoms. The molecule has 5 nitrogen and oxygen atoms in total. The van der Waals surface area contributed by atoms with Gasteiger partial charge in [-0.05, 0) is 12.1 Å². The number of hydrogen-bond acceptors (Lipinski definition) is 4. The van der Waals surface area contributed by atoms with Crippen LogP contribution in [0.2, 0.25) is 0 Å². The van der Waals surface area contributed by atoms with Gasteiger partial charge < -0.3 is 9.90 Å². The Hall–Kier alpha value is -0.690. The molecule has 0 aliphatic carbocycles. The van der Waals surface area contributed by atoms with Gasteiger partial charge in [0.05, 0.1) is 0 Å². The van der Waals surface area contributed by atoms with E-state index in [4.69, 9.17) is 0 Å². The predicted octanol–water partition coefficient (Wildman–Crippen LogP) is -2.39. The van der Waals surface area contributed by atoms with E-state index in [0.29, 0.717) is 5.82 Å². The molecule has 0 spiro atoms. The molecule has 7 heteroatoms. The average Bonchev–Trinajstić information content (AvgIpc) is 2.62. The molecular formula is C10H7BrN3NaO2. The van der Waals surface area contributed by atoms with Crippen LogP contribution in [0.3, 0.4) is 0 Å². The topological polar surface area (TPSA) is 70.8 Å². The second-order valence-electron chi connectivity index (χ2n) is 3.18. The van der Waals surface area contributed by atoms with Gasteiger partial charge >= 0.3 is 29.6 Å². The van der Waals surface area contributed by atoms with Gasteiger partial charge in [-0.1, -0.05) is 28.1 Å². The summed E-state index contributed by atoms with van der Waals surface area (Å²) in [5.41, 5.74) is 0.797. The van der Waals surface area contributed by atoms with Crippen molar-refractivity contribution in [3.8, 4) is 11.4 Å². The maximum atomic E-state index is 10.6. The van der Waals surface area contributed by atoms with Gasteiger partial charge in [0, 0.05) is 17.1 Å². The Morgan fingerprint density at radius 1 is 1.35 bits per heavy atom. The number of rotatable bonds is 2. The molecule has 0 saturated heterocycles. The van der Waals surface area contributed by atoms with E-state index in [1.807, 2.05) is 24.3 Å². The van der Waals surface area contributed by atoms with Gasteiger partial charge in [0.25, 0.3) is 0 Å². The van der Waals surface area contributed by atoms with Crippen molar-refractivity contribution in [3.63, 3.8) is 0 Å². The summed E-state index contributed by atoms with van der Waals surface area (Å²) in [6.45, 7) is 0. The van der Waals surface area contributed by atoms with Gasteiger partial charge in [0.1, 0.15) is 5.97 Å². The molecule has 0 bridgehead atoms. The van der Waals surface area contributed by atoms with Crippen molar-refractivity contribution in [2.24, 2.45) is 7.05 Å². The van der Waals surface area contributed by atoms with Crippen molar-refractivity contribution in [3.05, 3.63) is 34.6 Å². The molecule has 0 radical (unpaired) electrons. The molecule has 0 amide bonds. The zero-order chi connectivity index (χ0) is 11.7. The second-order valence-corrected chi connectivity index (χ2v) is 4.09. The van der Waals surface area contributed by atoms with E-state index >= 15 is 0 Å². The summed E-state index contributed by atoms with van der Waals surface area (Å²) in [5.74, 6) is -1.19. The van der Waals surface area contributed by atoms with Gasteiger partial charge in [0.2, 0.25) is 0 Å². The molecule has 2 aromatic rings. The van der Waals surface area contributed by atoms with E-state index in [0.717, 1.165) is 10.0 Å². The van der Waals surface area contributed by atoms with Crippen LogP contribution < -0.4 is 34.7 Å². The molecule has 0 saturated carbocycles. The molecule has 1 heterocycles. The molecule has 0 N–H and O–H groups in total. The van der Waals surface area contributed by atoms with E-state index in [9.17, 15) is 9.90 Å². The maximum absolute atomic E-state index is 10.6. The van der Waals surface area contributed by atoms with Crippen molar-refractivity contribution in [2.75, 3.05) is 0 Å². The molecule has 2 rings (SSSR count). The van der Waals surface area contributed by atoms with Gasteiger partial charge in [-0.15, -0.1) is 5.10 Å². The molecule has 0 atom stereocenters. The molecular weight excluding hydrogens is 297 g/mol. The third kappa shape index (κ3) is 3.16. The molecule has 0 aliphatic heterocycles. The first-order chi connectivity index (χ1) is 7.58. The number of carboxylic acids is 1. The van der Waals surface area contributed by atoms with Crippen LogP contribution in [0.5, 0.6) is 0 Å². The SMILES string of the molecule is Cn1nc(C(=O)[O-])nc1-c1ccc(Br)cc1.[Na+]. The van der Waals surface area contributed by atoms with Crippen LogP contribution in [-0.4, -0.2) is 20.7 Å². The van der Waals surface area contributed by atoms with Gasteiger partial charge in [-0.25, -0.2) is 9.67 Å².